The number of phosphoric ester groups is 2. The smallest absolute Gasteiger partial charge is 0.462 e. The molecule has 0 spiro atoms. The predicted octanol–water partition coefficient (Wildman–Crippen LogP) is 5.87. The summed E-state index contributed by atoms with van der Waals surface area (Å²) in [5, 5.41) is 68.0. The predicted molar refractivity (Wildman–Crippen MR) is 251 cm³/mol. The van der Waals surface area contributed by atoms with Crippen molar-refractivity contribution in [3.05, 3.63) is 48.6 Å². The second-order valence-corrected chi connectivity index (χ2v) is 20.2. The molecule has 21 heteroatoms. The number of phosphoric acid groups is 2. The zero-order chi connectivity index (χ0) is 50.5. The van der Waals surface area contributed by atoms with Crippen LogP contribution in [0.2, 0.25) is 0 Å². The maximum atomic E-state index is 13.7. The number of ketones is 1. The van der Waals surface area contributed by atoms with Gasteiger partial charge in [0.1, 0.15) is 36.8 Å². The molecule has 0 aromatic heterocycles. The number of carbonyl (C=O) groups excluding carboxylic acids is 3. The van der Waals surface area contributed by atoms with E-state index in [1.54, 1.807) is 6.08 Å². The van der Waals surface area contributed by atoms with Gasteiger partial charge in [-0.15, -0.1) is 0 Å². The Labute approximate surface area is 401 Å². The van der Waals surface area contributed by atoms with Crippen molar-refractivity contribution >= 4 is 33.4 Å². The molecule has 0 aromatic carbocycles. The second-order valence-electron chi connectivity index (χ2n) is 17.6. The molecule has 1 unspecified atom stereocenters. The van der Waals surface area contributed by atoms with Crippen LogP contribution < -0.4 is 0 Å². The Morgan fingerprint density at radius 3 is 2.19 bits per heavy atom. The number of carbonyl (C=O) groups is 3. The van der Waals surface area contributed by atoms with Gasteiger partial charge in [-0.1, -0.05) is 114 Å². The number of ether oxygens (including phenoxy) is 2. The Morgan fingerprint density at radius 1 is 0.868 bits per heavy atom. The molecule has 1 aliphatic heterocycles. The molecule has 392 valence electrons. The first-order valence-electron chi connectivity index (χ1n) is 24.3. The van der Waals surface area contributed by atoms with Gasteiger partial charge in [-0.3, -0.25) is 28.0 Å². The van der Waals surface area contributed by atoms with E-state index < -0.39 is 120 Å². The molecule has 68 heavy (non-hydrogen) atoms. The molecular weight excluding hydrogens is 930 g/mol. The topological polar surface area (TPSA) is 314 Å². The first-order chi connectivity index (χ1) is 32.3. The average Bonchev–Trinajstić information content (AvgIpc) is 3.28. The molecule has 2 bridgehead atoms. The van der Waals surface area contributed by atoms with E-state index in [0.29, 0.717) is 12.8 Å². The lowest BCUT2D eigenvalue weighted by Crippen LogP contribution is -2.56. The quantitative estimate of drug-likeness (QED) is 0.0236. The van der Waals surface area contributed by atoms with Crippen LogP contribution in [0.4, 0.5) is 0 Å². The Bertz CT molecular complexity index is 1670. The second kappa shape index (κ2) is 34.0. The van der Waals surface area contributed by atoms with Gasteiger partial charge in [-0.25, -0.2) is 9.13 Å². The van der Waals surface area contributed by atoms with Crippen LogP contribution in [0.25, 0.3) is 0 Å². The van der Waals surface area contributed by atoms with Crippen LogP contribution in [-0.4, -0.2) is 131 Å². The standard InChI is InChI=1S/C47H80O19P2/c1-3-5-7-8-9-10-11-12-13-14-15-16-17-18-23-27-40(51)62-32-35-33-63-68(60,61)66-47-45(56)44(55)42(53)36(26-22-19-20-24-28-41(52)64-35)38(49)31-39(50)37(30-29-34(48)25-21-6-4-2)43(54)46(47)65-67(57,58)59/h9-10,12-13,19,22,29-30,34-37,39,42-48,50,53-56H,3-8,11,14-18,20-21,23-28,31-33H2,1-2H3,(H,60,61)(H2,57,58,59)/b10-9-,13-12-,22-19-,30-29+/t34-,35+,36-,37-,39+,42+,43+,44-,45+,46+,47-/m0/s1. The number of Topliss-reactive ketones (excluding diaryl/α,β-unsaturated/α-hetero) is 1. The number of allylic oxidation sites excluding steroid dienone is 6. The van der Waals surface area contributed by atoms with Crippen molar-refractivity contribution in [1.82, 2.24) is 0 Å². The molecule has 2 rings (SSSR count). The van der Waals surface area contributed by atoms with Crippen LogP contribution in [0.3, 0.4) is 0 Å². The average molecular weight is 1010 g/mol. The molecule has 0 radical (unpaired) electrons. The number of hydrogen-bond acceptors (Lipinski definition) is 16. The van der Waals surface area contributed by atoms with E-state index in [2.05, 4.69) is 31.2 Å². The van der Waals surface area contributed by atoms with Crippen LogP contribution in [0.15, 0.2) is 48.6 Å². The summed E-state index contributed by atoms with van der Waals surface area (Å²) >= 11 is 0. The van der Waals surface area contributed by atoms with Crippen LogP contribution in [0.5, 0.6) is 0 Å². The molecular formula is C47H80O19P2. The molecule has 19 nitrogen and oxygen atoms in total. The zero-order valence-electron chi connectivity index (χ0n) is 39.7. The number of fused-ring (bicyclic) bond motifs is 4. The lowest BCUT2D eigenvalue weighted by atomic mass is 9.84. The van der Waals surface area contributed by atoms with Gasteiger partial charge in [0.05, 0.1) is 31.0 Å². The number of cyclic esters (lactones) is 1. The molecule has 2 aliphatic rings. The fraction of sp³-hybridized carbons (Fsp3) is 0.766. The van der Waals surface area contributed by atoms with E-state index in [0.717, 1.165) is 69.9 Å². The summed E-state index contributed by atoms with van der Waals surface area (Å²) < 4.78 is 52.0. The van der Waals surface area contributed by atoms with Crippen LogP contribution in [0.1, 0.15) is 149 Å². The van der Waals surface area contributed by atoms with E-state index in [1.165, 1.54) is 25.3 Å². The summed E-state index contributed by atoms with van der Waals surface area (Å²) in [5.41, 5.74) is 0. The Kier molecular flexibility index (Phi) is 30.8. The number of aliphatic hydroxyl groups is 6. The van der Waals surface area contributed by atoms with E-state index in [1.807, 2.05) is 6.92 Å². The fourth-order valence-corrected chi connectivity index (χ4v) is 9.34. The number of aliphatic hydroxyl groups excluding tert-OH is 6. The van der Waals surface area contributed by atoms with Crippen molar-refractivity contribution in [3.63, 3.8) is 0 Å². The van der Waals surface area contributed by atoms with Gasteiger partial charge in [-0.05, 0) is 64.2 Å². The molecule has 9 N–H and O–H groups in total. The molecule has 1 saturated carbocycles. The summed E-state index contributed by atoms with van der Waals surface area (Å²) in [7, 11) is -11.5. The highest BCUT2D eigenvalue weighted by Gasteiger charge is 2.51. The van der Waals surface area contributed by atoms with E-state index in [4.69, 9.17) is 23.0 Å². The highest BCUT2D eigenvalue weighted by atomic mass is 31.2. The molecule has 1 fully saturated rings. The molecule has 12 atom stereocenters. The van der Waals surface area contributed by atoms with Gasteiger partial charge in [0.2, 0.25) is 0 Å². The lowest BCUT2D eigenvalue weighted by Gasteiger charge is -2.38. The van der Waals surface area contributed by atoms with Crippen molar-refractivity contribution < 1.29 is 91.9 Å². The first-order valence-corrected chi connectivity index (χ1v) is 27.3. The van der Waals surface area contributed by atoms with Gasteiger partial charge in [0.15, 0.2) is 6.10 Å². The van der Waals surface area contributed by atoms with E-state index >= 15 is 0 Å². The largest absolute Gasteiger partial charge is 0.472 e. The van der Waals surface area contributed by atoms with Crippen molar-refractivity contribution in [2.75, 3.05) is 13.2 Å². The van der Waals surface area contributed by atoms with Gasteiger partial charge in [0, 0.05) is 31.1 Å². The SMILES string of the molecule is CCCCC/C=C\C/C=C\CCCCCCCC(=O)OC[C@@H]1COP(=O)(O)O[C@H]2[C@H](O)[C@@H](O)[C@H](O)[C@@H](C/C=C\CCCC(=O)O1)C(=O)C[C@@H](O)[C@H](/C=C/[C@@H](O)CCCCC)[C@@H](O)[C@H]2OP(=O)(O)O. The maximum absolute atomic E-state index is 13.7. The summed E-state index contributed by atoms with van der Waals surface area (Å²) in [6, 6.07) is 0. The lowest BCUT2D eigenvalue weighted by molar-refractivity contribution is -0.165. The van der Waals surface area contributed by atoms with Gasteiger partial charge >= 0.3 is 27.6 Å². The van der Waals surface area contributed by atoms with Gasteiger partial charge in [0.25, 0.3) is 0 Å². The number of hydrogen-bond donors (Lipinski definition) is 9. The molecule has 0 saturated heterocycles. The first kappa shape index (κ1) is 61.7. The van der Waals surface area contributed by atoms with Crippen molar-refractivity contribution in [2.24, 2.45) is 11.8 Å². The van der Waals surface area contributed by atoms with Crippen LogP contribution >= 0.6 is 15.6 Å². The highest BCUT2D eigenvalue weighted by Crippen LogP contribution is 2.49. The van der Waals surface area contributed by atoms with Crippen molar-refractivity contribution in [3.8, 4) is 0 Å². The summed E-state index contributed by atoms with van der Waals surface area (Å²) in [6.45, 7) is 2.50. The minimum atomic E-state index is -5.78. The van der Waals surface area contributed by atoms with Crippen LogP contribution in [0, 0.1) is 11.8 Å². The van der Waals surface area contributed by atoms with Crippen LogP contribution in [-0.2, 0) is 46.6 Å². The maximum Gasteiger partial charge on any atom is 0.472 e. The molecule has 1 heterocycles. The fourth-order valence-electron chi connectivity index (χ4n) is 7.81. The summed E-state index contributed by atoms with van der Waals surface area (Å²) in [4.78, 5) is 70.3. The molecule has 0 amide bonds. The van der Waals surface area contributed by atoms with Gasteiger partial charge < -0.3 is 54.8 Å². The Balaban J connectivity index is 2.31. The zero-order valence-corrected chi connectivity index (χ0v) is 41.5. The highest BCUT2D eigenvalue weighted by molar-refractivity contribution is 7.47. The third-order valence-electron chi connectivity index (χ3n) is 11.7. The Hall–Kier alpha value is -2.45. The minimum Gasteiger partial charge on any atom is -0.462 e. The van der Waals surface area contributed by atoms with E-state index in [9.17, 15) is 68.8 Å². The molecule has 0 aromatic rings. The third kappa shape index (κ3) is 25.6. The summed E-state index contributed by atoms with van der Waals surface area (Å²) in [6.07, 6.45) is 6.59. The monoisotopic (exact) mass is 1010 g/mol. The van der Waals surface area contributed by atoms with Crippen molar-refractivity contribution in [1.29, 1.82) is 0 Å². The van der Waals surface area contributed by atoms with E-state index in [-0.39, 0.29) is 38.5 Å². The number of unbranched alkanes of at least 4 members (excludes halogenated alkanes) is 10. The van der Waals surface area contributed by atoms with Gasteiger partial charge in [-0.2, -0.15) is 0 Å². The van der Waals surface area contributed by atoms with Crippen molar-refractivity contribution in [2.45, 2.75) is 204 Å². The normalized spacial score (nSPS) is 30.9. The number of rotatable bonds is 24. The third-order valence-corrected chi connectivity index (χ3v) is 13.2. The summed E-state index contributed by atoms with van der Waals surface area (Å²) in [5.74, 6) is -5.68. The number of esters is 2. The molecule has 1 aliphatic carbocycles. The Morgan fingerprint density at radius 2 is 1.51 bits per heavy atom. The minimum absolute atomic E-state index is 0.0339.